The van der Waals surface area contributed by atoms with Crippen LogP contribution in [-0.4, -0.2) is 42.4 Å². The van der Waals surface area contributed by atoms with Gasteiger partial charge in [0.1, 0.15) is 11.6 Å². The Kier molecular flexibility index (Phi) is 5.67. The number of morpholine rings is 1. The lowest BCUT2D eigenvalue weighted by Crippen LogP contribution is -2.37. The third kappa shape index (κ3) is 4.70. The summed E-state index contributed by atoms with van der Waals surface area (Å²) in [7, 11) is 0. The third-order valence-corrected chi connectivity index (χ3v) is 4.60. The van der Waals surface area contributed by atoms with Gasteiger partial charge in [0.05, 0.1) is 13.2 Å². The SMILES string of the molecule is Cc1cnc(-c2ccc(OC(=O)Nc3ccccc3)cc2)nc1N1CCOCC1. The summed E-state index contributed by atoms with van der Waals surface area (Å²) in [6.07, 6.45) is 1.30. The fourth-order valence-electron chi connectivity index (χ4n) is 3.11. The molecule has 0 aliphatic carbocycles. The highest BCUT2D eigenvalue weighted by Crippen LogP contribution is 2.24. The van der Waals surface area contributed by atoms with Crippen molar-refractivity contribution in [2.75, 3.05) is 36.5 Å². The van der Waals surface area contributed by atoms with Crippen molar-refractivity contribution < 1.29 is 14.3 Å². The number of rotatable bonds is 4. The molecule has 3 aromatic rings. The number of nitrogens with zero attached hydrogens (tertiary/aromatic N) is 3. The van der Waals surface area contributed by atoms with E-state index in [2.05, 4.69) is 15.2 Å². The van der Waals surface area contributed by atoms with Crippen molar-refractivity contribution in [1.29, 1.82) is 0 Å². The van der Waals surface area contributed by atoms with Crippen LogP contribution in [-0.2, 0) is 4.74 Å². The van der Waals surface area contributed by atoms with Gasteiger partial charge in [0, 0.05) is 36.1 Å². The summed E-state index contributed by atoms with van der Waals surface area (Å²) in [4.78, 5) is 23.5. The van der Waals surface area contributed by atoms with Crippen LogP contribution in [0.4, 0.5) is 16.3 Å². The first-order valence-corrected chi connectivity index (χ1v) is 9.50. The molecule has 0 spiro atoms. The Morgan fingerprint density at radius 1 is 1.07 bits per heavy atom. The van der Waals surface area contributed by atoms with Crippen LogP contribution in [0, 0.1) is 6.92 Å². The van der Waals surface area contributed by atoms with Gasteiger partial charge < -0.3 is 14.4 Å². The zero-order valence-corrected chi connectivity index (χ0v) is 16.2. The van der Waals surface area contributed by atoms with Crippen molar-refractivity contribution in [2.45, 2.75) is 6.92 Å². The zero-order valence-electron chi connectivity index (χ0n) is 16.2. The molecule has 1 N–H and O–H groups in total. The molecule has 0 bridgehead atoms. The van der Waals surface area contributed by atoms with E-state index in [-0.39, 0.29) is 0 Å². The van der Waals surface area contributed by atoms with Crippen molar-refractivity contribution in [2.24, 2.45) is 0 Å². The number of benzene rings is 2. The fourth-order valence-corrected chi connectivity index (χ4v) is 3.11. The Balaban J connectivity index is 1.45. The van der Waals surface area contributed by atoms with Crippen LogP contribution >= 0.6 is 0 Å². The maximum absolute atomic E-state index is 12.0. The molecule has 1 amide bonds. The number of hydrogen-bond acceptors (Lipinski definition) is 6. The van der Waals surface area contributed by atoms with E-state index >= 15 is 0 Å². The van der Waals surface area contributed by atoms with E-state index in [9.17, 15) is 4.79 Å². The fraction of sp³-hybridized carbons (Fsp3) is 0.227. The summed E-state index contributed by atoms with van der Waals surface area (Å²) in [5.74, 6) is 2.01. The molecule has 1 aromatic heterocycles. The summed E-state index contributed by atoms with van der Waals surface area (Å²) in [6, 6.07) is 16.3. The van der Waals surface area contributed by atoms with Crippen molar-refractivity contribution in [3.63, 3.8) is 0 Å². The average molecular weight is 390 g/mol. The van der Waals surface area contributed by atoms with Crippen molar-refractivity contribution >= 4 is 17.6 Å². The van der Waals surface area contributed by atoms with Gasteiger partial charge in [-0.15, -0.1) is 0 Å². The minimum atomic E-state index is -0.537. The number of carbonyl (C=O) groups is 1. The molecule has 7 heteroatoms. The van der Waals surface area contributed by atoms with Crippen molar-refractivity contribution in [3.05, 3.63) is 66.4 Å². The van der Waals surface area contributed by atoms with E-state index in [0.717, 1.165) is 30.0 Å². The summed E-state index contributed by atoms with van der Waals surface area (Å²) >= 11 is 0. The van der Waals surface area contributed by atoms with Crippen LogP contribution in [0.25, 0.3) is 11.4 Å². The van der Waals surface area contributed by atoms with Gasteiger partial charge in [0.2, 0.25) is 0 Å². The zero-order chi connectivity index (χ0) is 20.1. The molecule has 4 rings (SSSR count). The molecule has 0 unspecified atom stereocenters. The van der Waals surface area contributed by atoms with E-state index in [1.165, 1.54) is 0 Å². The van der Waals surface area contributed by atoms with Gasteiger partial charge in [-0.2, -0.15) is 0 Å². The van der Waals surface area contributed by atoms with E-state index in [4.69, 9.17) is 14.5 Å². The number of para-hydroxylation sites is 1. The normalized spacial score (nSPS) is 13.8. The Morgan fingerprint density at radius 3 is 2.52 bits per heavy atom. The lowest BCUT2D eigenvalue weighted by molar-refractivity contribution is 0.122. The van der Waals surface area contributed by atoms with Crippen LogP contribution in [0.5, 0.6) is 5.75 Å². The topological polar surface area (TPSA) is 76.6 Å². The molecular formula is C22H22N4O3. The minimum Gasteiger partial charge on any atom is -0.410 e. The molecule has 1 aliphatic rings. The van der Waals surface area contributed by atoms with E-state index in [1.54, 1.807) is 24.3 Å². The van der Waals surface area contributed by atoms with Gasteiger partial charge in [-0.1, -0.05) is 18.2 Å². The lowest BCUT2D eigenvalue weighted by Gasteiger charge is -2.29. The Bertz CT molecular complexity index is 971. The number of hydrogen-bond donors (Lipinski definition) is 1. The second kappa shape index (κ2) is 8.70. The lowest BCUT2D eigenvalue weighted by atomic mass is 10.2. The van der Waals surface area contributed by atoms with Gasteiger partial charge in [-0.3, -0.25) is 5.32 Å². The van der Waals surface area contributed by atoms with E-state index in [0.29, 0.717) is 30.5 Å². The van der Waals surface area contributed by atoms with Gasteiger partial charge in [0.15, 0.2) is 5.82 Å². The van der Waals surface area contributed by atoms with Crippen LogP contribution in [0.2, 0.25) is 0 Å². The number of aryl methyl sites for hydroxylation is 1. The number of amides is 1. The van der Waals surface area contributed by atoms with Crippen LogP contribution in [0.15, 0.2) is 60.8 Å². The first kappa shape index (κ1) is 18.9. The van der Waals surface area contributed by atoms with Crippen molar-refractivity contribution in [3.8, 4) is 17.1 Å². The standard InChI is InChI=1S/C22H22N4O3/c1-16-15-23-20(25-21(16)26-11-13-28-14-12-26)17-7-9-19(10-8-17)29-22(27)24-18-5-3-2-4-6-18/h2-10,15H,11-14H2,1H3,(H,24,27). The Hall–Kier alpha value is -3.45. The molecule has 29 heavy (non-hydrogen) atoms. The molecule has 0 saturated carbocycles. The second-order valence-corrected chi connectivity index (χ2v) is 6.70. The van der Waals surface area contributed by atoms with Crippen LogP contribution < -0.4 is 15.0 Å². The Morgan fingerprint density at radius 2 is 1.79 bits per heavy atom. The molecule has 0 radical (unpaired) electrons. The van der Waals surface area contributed by atoms with E-state index in [1.807, 2.05) is 43.5 Å². The monoisotopic (exact) mass is 390 g/mol. The summed E-state index contributed by atoms with van der Waals surface area (Å²) < 4.78 is 10.8. The van der Waals surface area contributed by atoms with Crippen LogP contribution in [0.3, 0.4) is 0 Å². The summed E-state index contributed by atoms with van der Waals surface area (Å²) in [5.41, 5.74) is 2.57. The number of anilines is 2. The molecular weight excluding hydrogens is 368 g/mol. The largest absolute Gasteiger partial charge is 0.417 e. The number of carbonyl (C=O) groups excluding carboxylic acids is 1. The first-order chi connectivity index (χ1) is 14.2. The average Bonchev–Trinajstić information content (AvgIpc) is 2.76. The predicted octanol–water partition coefficient (Wildman–Crippen LogP) is 3.90. The quantitative estimate of drug-likeness (QED) is 0.728. The highest BCUT2D eigenvalue weighted by molar-refractivity contribution is 5.86. The van der Waals surface area contributed by atoms with Gasteiger partial charge in [0.25, 0.3) is 0 Å². The van der Waals surface area contributed by atoms with Gasteiger partial charge >= 0.3 is 6.09 Å². The molecule has 1 fully saturated rings. The molecule has 0 atom stereocenters. The minimum absolute atomic E-state index is 0.447. The van der Waals surface area contributed by atoms with Gasteiger partial charge in [-0.05, 0) is 43.3 Å². The summed E-state index contributed by atoms with van der Waals surface area (Å²) in [6.45, 7) is 5.06. The Labute approximate surface area is 169 Å². The highest BCUT2D eigenvalue weighted by atomic mass is 16.6. The second-order valence-electron chi connectivity index (χ2n) is 6.70. The first-order valence-electron chi connectivity index (χ1n) is 9.50. The van der Waals surface area contributed by atoms with Gasteiger partial charge in [-0.25, -0.2) is 14.8 Å². The summed E-state index contributed by atoms with van der Waals surface area (Å²) in [5, 5.41) is 2.69. The third-order valence-electron chi connectivity index (χ3n) is 4.60. The molecule has 2 aromatic carbocycles. The molecule has 1 saturated heterocycles. The van der Waals surface area contributed by atoms with E-state index < -0.39 is 6.09 Å². The maximum atomic E-state index is 12.0. The molecule has 7 nitrogen and oxygen atoms in total. The van der Waals surface area contributed by atoms with Crippen LogP contribution in [0.1, 0.15) is 5.56 Å². The molecule has 2 heterocycles. The number of aromatic nitrogens is 2. The molecule has 148 valence electrons. The molecule has 1 aliphatic heterocycles. The predicted molar refractivity (Wildman–Crippen MR) is 111 cm³/mol. The highest BCUT2D eigenvalue weighted by Gasteiger charge is 2.16. The number of ether oxygens (including phenoxy) is 2. The smallest absolute Gasteiger partial charge is 0.410 e. The van der Waals surface area contributed by atoms with Crippen molar-refractivity contribution in [1.82, 2.24) is 9.97 Å². The maximum Gasteiger partial charge on any atom is 0.417 e. The number of nitrogens with one attached hydrogen (secondary N) is 1.